The average Bonchev–Trinajstić information content (AvgIpc) is 2.93. The van der Waals surface area contributed by atoms with Crippen LogP contribution in [0.4, 0.5) is 5.82 Å². The smallest absolute Gasteiger partial charge is 0.226 e. The normalized spacial score (nSPS) is 23.0. The number of nitrogen functional groups attached to an aromatic ring is 1. The highest BCUT2D eigenvalue weighted by molar-refractivity contribution is 6.28. The SMILES string of the molecule is Nc1nc(Cl)nc2c1ncn2C1C=CC(CO)O1. The number of ether oxygens (including phenoxy) is 1. The number of hydrogen-bond acceptors (Lipinski definition) is 6. The lowest BCUT2D eigenvalue weighted by Crippen LogP contribution is -2.15. The van der Waals surface area contributed by atoms with E-state index in [0.717, 1.165) is 0 Å². The van der Waals surface area contributed by atoms with E-state index >= 15 is 0 Å². The molecule has 1 aliphatic rings. The maximum atomic E-state index is 9.01. The van der Waals surface area contributed by atoms with Gasteiger partial charge in [-0.3, -0.25) is 4.57 Å². The summed E-state index contributed by atoms with van der Waals surface area (Å²) in [5, 5.41) is 9.07. The molecule has 18 heavy (non-hydrogen) atoms. The van der Waals surface area contributed by atoms with Crippen LogP contribution < -0.4 is 5.73 Å². The zero-order valence-corrected chi connectivity index (χ0v) is 9.95. The van der Waals surface area contributed by atoms with Gasteiger partial charge in [0.15, 0.2) is 17.7 Å². The molecule has 94 valence electrons. The van der Waals surface area contributed by atoms with E-state index in [2.05, 4.69) is 15.0 Å². The zero-order valence-electron chi connectivity index (χ0n) is 9.19. The predicted octanol–water partition coefficient (Wildman–Crippen LogP) is 0.508. The fourth-order valence-electron chi connectivity index (χ4n) is 1.85. The first-order chi connectivity index (χ1) is 8.69. The monoisotopic (exact) mass is 267 g/mol. The molecule has 0 saturated carbocycles. The predicted molar refractivity (Wildman–Crippen MR) is 64.9 cm³/mol. The third kappa shape index (κ3) is 1.72. The Hall–Kier alpha value is -1.70. The van der Waals surface area contributed by atoms with Gasteiger partial charge in [0, 0.05) is 0 Å². The number of halogens is 1. The zero-order chi connectivity index (χ0) is 12.7. The lowest BCUT2D eigenvalue weighted by molar-refractivity contribution is -0.00638. The van der Waals surface area contributed by atoms with Gasteiger partial charge in [0.05, 0.1) is 12.9 Å². The molecule has 0 spiro atoms. The summed E-state index contributed by atoms with van der Waals surface area (Å²) in [7, 11) is 0. The molecule has 2 unspecified atom stereocenters. The van der Waals surface area contributed by atoms with Crippen molar-refractivity contribution in [1.82, 2.24) is 19.5 Å². The van der Waals surface area contributed by atoms with Crippen LogP contribution in [-0.2, 0) is 4.74 Å². The minimum Gasteiger partial charge on any atom is -0.393 e. The lowest BCUT2D eigenvalue weighted by atomic mass is 10.4. The molecule has 2 atom stereocenters. The van der Waals surface area contributed by atoms with Gasteiger partial charge < -0.3 is 15.6 Å². The molecule has 0 bridgehead atoms. The number of imidazole rings is 1. The Kier molecular flexibility index (Phi) is 2.66. The second kappa shape index (κ2) is 4.20. The van der Waals surface area contributed by atoms with E-state index in [0.29, 0.717) is 11.2 Å². The van der Waals surface area contributed by atoms with Gasteiger partial charge in [-0.05, 0) is 17.7 Å². The fourth-order valence-corrected chi connectivity index (χ4v) is 2.02. The summed E-state index contributed by atoms with van der Waals surface area (Å²) in [6, 6.07) is 0. The summed E-state index contributed by atoms with van der Waals surface area (Å²) in [4.78, 5) is 12.1. The van der Waals surface area contributed by atoms with Crippen molar-refractivity contribution in [3.05, 3.63) is 23.8 Å². The quantitative estimate of drug-likeness (QED) is 0.607. The van der Waals surface area contributed by atoms with Crippen molar-refractivity contribution < 1.29 is 9.84 Å². The van der Waals surface area contributed by atoms with E-state index in [1.165, 1.54) is 0 Å². The summed E-state index contributed by atoms with van der Waals surface area (Å²) < 4.78 is 7.25. The summed E-state index contributed by atoms with van der Waals surface area (Å²) >= 11 is 5.77. The highest BCUT2D eigenvalue weighted by atomic mass is 35.5. The molecule has 7 nitrogen and oxygen atoms in total. The highest BCUT2D eigenvalue weighted by Crippen LogP contribution is 2.26. The van der Waals surface area contributed by atoms with Crippen LogP contribution in [0.3, 0.4) is 0 Å². The van der Waals surface area contributed by atoms with Crippen molar-refractivity contribution >= 4 is 28.6 Å². The number of nitrogens with zero attached hydrogens (tertiary/aromatic N) is 4. The standard InChI is InChI=1S/C10H10ClN5O2/c11-10-14-8(12)7-9(15-10)16(4-13-7)6-2-1-5(3-17)18-6/h1-2,4-6,17H,3H2,(H2,12,14,15). The minimum atomic E-state index is -0.377. The molecule has 2 aromatic rings. The summed E-state index contributed by atoms with van der Waals surface area (Å²) in [5.41, 5.74) is 6.69. The first-order valence-corrected chi connectivity index (χ1v) is 5.67. The molecular weight excluding hydrogens is 258 g/mol. The second-order valence-corrected chi connectivity index (χ2v) is 4.17. The Labute approximate surface area is 107 Å². The molecule has 3 rings (SSSR count). The number of anilines is 1. The molecule has 0 saturated heterocycles. The van der Waals surface area contributed by atoms with Crippen molar-refractivity contribution in [2.24, 2.45) is 0 Å². The van der Waals surface area contributed by atoms with Gasteiger partial charge in [-0.1, -0.05) is 6.08 Å². The van der Waals surface area contributed by atoms with E-state index in [1.54, 1.807) is 17.0 Å². The lowest BCUT2D eigenvalue weighted by Gasteiger charge is -2.13. The van der Waals surface area contributed by atoms with Crippen LogP contribution in [0.5, 0.6) is 0 Å². The van der Waals surface area contributed by atoms with Crippen molar-refractivity contribution in [2.45, 2.75) is 12.3 Å². The van der Waals surface area contributed by atoms with Crippen molar-refractivity contribution in [3.8, 4) is 0 Å². The van der Waals surface area contributed by atoms with Gasteiger partial charge in [0.25, 0.3) is 0 Å². The van der Waals surface area contributed by atoms with Crippen LogP contribution in [0.15, 0.2) is 18.5 Å². The number of rotatable bonds is 2. The van der Waals surface area contributed by atoms with Crippen LogP contribution in [0.25, 0.3) is 11.2 Å². The molecule has 3 heterocycles. The molecule has 0 aromatic carbocycles. The van der Waals surface area contributed by atoms with Gasteiger partial charge in [-0.25, -0.2) is 4.98 Å². The van der Waals surface area contributed by atoms with Crippen molar-refractivity contribution in [2.75, 3.05) is 12.3 Å². The number of aliphatic hydroxyl groups is 1. The summed E-state index contributed by atoms with van der Waals surface area (Å²) in [6.45, 7) is -0.0719. The molecular formula is C10H10ClN5O2. The van der Waals surface area contributed by atoms with E-state index < -0.39 is 0 Å². The fraction of sp³-hybridized carbons (Fsp3) is 0.300. The summed E-state index contributed by atoms with van der Waals surface area (Å²) in [5.74, 6) is 0.226. The number of aliphatic hydroxyl groups excluding tert-OH is 1. The van der Waals surface area contributed by atoms with E-state index in [4.69, 9.17) is 27.2 Å². The van der Waals surface area contributed by atoms with Crippen LogP contribution in [-0.4, -0.2) is 37.3 Å². The molecule has 0 fully saturated rings. The molecule has 0 aliphatic carbocycles. The summed E-state index contributed by atoms with van der Waals surface area (Å²) in [6.07, 6.45) is 4.46. The number of nitrogens with two attached hydrogens (primary N) is 1. The Morgan fingerprint density at radius 1 is 1.44 bits per heavy atom. The molecule has 8 heteroatoms. The molecule has 3 N–H and O–H groups in total. The van der Waals surface area contributed by atoms with E-state index in [1.807, 2.05) is 6.08 Å². The Morgan fingerprint density at radius 2 is 2.28 bits per heavy atom. The number of fused-ring (bicyclic) bond motifs is 1. The highest BCUT2D eigenvalue weighted by Gasteiger charge is 2.22. The number of hydrogen-bond donors (Lipinski definition) is 2. The minimum absolute atomic E-state index is 0.0578. The van der Waals surface area contributed by atoms with Crippen LogP contribution in [0.2, 0.25) is 5.28 Å². The third-order valence-electron chi connectivity index (χ3n) is 2.68. The molecule has 0 amide bonds. The largest absolute Gasteiger partial charge is 0.393 e. The van der Waals surface area contributed by atoms with Crippen LogP contribution >= 0.6 is 11.6 Å². The Bertz CT molecular complexity index is 626. The van der Waals surface area contributed by atoms with Crippen LogP contribution in [0.1, 0.15) is 6.23 Å². The maximum absolute atomic E-state index is 9.01. The topological polar surface area (TPSA) is 99.1 Å². The Morgan fingerprint density at radius 3 is 3.00 bits per heavy atom. The van der Waals surface area contributed by atoms with Gasteiger partial charge in [0.1, 0.15) is 11.6 Å². The molecule has 2 aromatic heterocycles. The van der Waals surface area contributed by atoms with Crippen molar-refractivity contribution in [3.63, 3.8) is 0 Å². The third-order valence-corrected chi connectivity index (χ3v) is 2.85. The Balaban J connectivity index is 2.06. The first kappa shape index (κ1) is 11.4. The van der Waals surface area contributed by atoms with Gasteiger partial charge >= 0.3 is 0 Å². The number of aromatic nitrogens is 4. The van der Waals surface area contributed by atoms with Gasteiger partial charge in [-0.15, -0.1) is 0 Å². The second-order valence-electron chi connectivity index (χ2n) is 3.83. The van der Waals surface area contributed by atoms with Gasteiger partial charge in [0.2, 0.25) is 5.28 Å². The van der Waals surface area contributed by atoms with Crippen LogP contribution in [0, 0.1) is 0 Å². The average molecular weight is 268 g/mol. The molecule has 0 radical (unpaired) electrons. The molecule has 1 aliphatic heterocycles. The van der Waals surface area contributed by atoms with Gasteiger partial charge in [-0.2, -0.15) is 9.97 Å². The van der Waals surface area contributed by atoms with E-state index in [-0.39, 0.29) is 30.0 Å². The van der Waals surface area contributed by atoms with E-state index in [9.17, 15) is 0 Å². The maximum Gasteiger partial charge on any atom is 0.226 e. The first-order valence-electron chi connectivity index (χ1n) is 5.29. The van der Waals surface area contributed by atoms with Crippen molar-refractivity contribution in [1.29, 1.82) is 0 Å².